The first-order chi connectivity index (χ1) is 10.3. The van der Waals surface area contributed by atoms with Crippen molar-refractivity contribution < 1.29 is 23.8 Å². The summed E-state index contributed by atoms with van der Waals surface area (Å²) in [6.45, 7) is 4.59. The van der Waals surface area contributed by atoms with Crippen LogP contribution in [-0.4, -0.2) is 34.7 Å². The lowest BCUT2D eigenvalue weighted by molar-refractivity contribution is -0.157. The summed E-state index contributed by atoms with van der Waals surface area (Å²) >= 11 is 0. The Labute approximate surface area is 127 Å². The van der Waals surface area contributed by atoms with E-state index < -0.39 is 29.2 Å². The quantitative estimate of drug-likeness (QED) is 0.880. The minimum atomic E-state index is -1.44. The van der Waals surface area contributed by atoms with Gasteiger partial charge in [0.1, 0.15) is 11.4 Å². The standard InChI is InChI=1S/C15H19FN2O4/c1-8-4-11(13(16)6-17-8)15(18-10(3)19)7-22-9(2)5-12(15)14(20)21/h4,6,9,12H,5,7H2,1-3H3,(H,18,19)(H,20,21)/t9-,12-,15+/m0/s1. The Morgan fingerprint density at radius 1 is 1.55 bits per heavy atom. The molecule has 0 aliphatic carbocycles. The zero-order chi connectivity index (χ0) is 16.5. The minimum Gasteiger partial charge on any atom is -0.481 e. The van der Waals surface area contributed by atoms with Gasteiger partial charge in [0.2, 0.25) is 5.91 Å². The Kier molecular flexibility index (Phi) is 4.46. The number of aryl methyl sites for hydroxylation is 1. The highest BCUT2D eigenvalue weighted by atomic mass is 19.1. The van der Waals surface area contributed by atoms with Crippen LogP contribution in [-0.2, 0) is 19.9 Å². The van der Waals surface area contributed by atoms with Crippen LogP contribution in [0.4, 0.5) is 4.39 Å². The number of hydrogen-bond acceptors (Lipinski definition) is 4. The average Bonchev–Trinajstić information content (AvgIpc) is 2.43. The van der Waals surface area contributed by atoms with E-state index in [0.29, 0.717) is 5.69 Å². The second kappa shape index (κ2) is 6.00. The number of pyridine rings is 1. The third kappa shape index (κ3) is 2.94. The molecule has 0 radical (unpaired) electrons. The Morgan fingerprint density at radius 2 is 2.23 bits per heavy atom. The van der Waals surface area contributed by atoms with Crippen molar-refractivity contribution in [3.05, 3.63) is 29.3 Å². The fourth-order valence-corrected chi connectivity index (χ4v) is 2.94. The maximum atomic E-state index is 14.3. The lowest BCUT2D eigenvalue weighted by Gasteiger charge is -2.44. The van der Waals surface area contributed by atoms with Gasteiger partial charge in [-0.15, -0.1) is 0 Å². The number of nitrogens with one attached hydrogen (secondary N) is 1. The second-order valence-electron chi connectivity index (χ2n) is 5.71. The highest BCUT2D eigenvalue weighted by Crippen LogP contribution is 2.39. The Morgan fingerprint density at radius 3 is 2.82 bits per heavy atom. The largest absolute Gasteiger partial charge is 0.481 e. The summed E-state index contributed by atoms with van der Waals surface area (Å²) in [4.78, 5) is 27.2. The van der Waals surface area contributed by atoms with Gasteiger partial charge in [0.15, 0.2) is 0 Å². The molecular weight excluding hydrogens is 291 g/mol. The topological polar surface area (TPSA) is 88.5 Å². The van der Waals surface area contributed by atoms with Crippen LogP contribution in [0, 0.1) is 18.7 Å². The van der Waals surface area contributed by atoms with Crippen molar-refractivity contribution in [1.82, 2.24) is 10.3 Å². The number of nitrogens with zero attached hydrogens (tertiary/aromatic N) is 1. The summed E-state index contributed by atoms with van der Waals surface area (Å²) in [6.07, 6.45) is 0.927. The Bertz CT molecular complexity index is 607. The highest BCUT2D eigenvalue weighted by Gasteiger charge is 2.51. The van der Waals surface area contributed by atoms with Gasteiger partial charge in [-0.25, -0.2) is 4.39 Å². The second-order valence-corrected chi connectivity index (χ2v) is 5.71. The Hall–Kier alpha value is -2.02. The first kappa shape index (κ1) is 16.4. The fourth-order valence-electron chi connectivity index (χ4n) is 2.94. The molecule has 120 valence electrons. The van der Waals surface area contributed by atoms with Gasteiger partial charge < -0.3 is 15.2 Å². The van der Waals surface area contributed by atoms with Crippen LogP contribution in [0.5, 0.6) is 0 Å². The molecule has 1 aliphatic rings. The van der Waals surface area contributed by atoms with Crippen molar-refractivity contribution in [3.63, 3.8) is 0 Å². The van der Waals surface area contributed by atoms with E-state index in [1.807, 2.05) is 0 Å². The number of aromatic nitrogens is 1. The fraction of sp³-hybridized carbons (Fsp3) is 0.533. The van der Waals surface area contributed by atoms with E-state index in [4.69, 9.17) is 4.74 Å². The zero-order valence-electron chi connectivity index (χ0n) is 12.7. The van der Waals surface area contributed by atoms with Crippen molar-refractivity contribution in [3.8, 4) is 0 Å². The molecule has 6 nitrogen and oxygen atoms in total. The van der Waals surface area contributed by atoms with Crippen molar-refractivity contribution in [2.24, 2.45) is 5.92 Å². The van der Waals surface area contributed by atoms with Gasteiger partial charge in [0, 0.05) is 18.2 Å². The summed E-state index contributed by atoms with van der Waals surface area (Å²) < 4.78 is 19.9. The molecule has 1 aliphatic heterocycles. The zero-order valence-corrected chi connectivity index (χ0v) is 12.7. The molecule has 2 rings (SSSR count). The van der Waals surface area contributed by atoms with Crippen LogP contribution in [0.15, 0.2) is 12.3 Å². The predicted octanol–water partition coefficient (Wildman–Crippen LogP) is 1.37. The number of rotatable bonds is 3. The van der Waals surface area contributed by atoms with E-state index in [0.717, 1.165) is 6.20 Å². The van der Waals surface area contributed by atoms with Crippen LogP contribution in [0.2, 0.25) is 0 Å². The third-order valence-electron chi connectivity index (χ3n) is 3.93. The van der Waals surface area contributed by atoms with Crippen LogP contribution in [0.25, 0.3) is 0 Å². The van der Waals surface area contributed by atoms with E-state index in [1.54, 1.807) is 13.8 Å². The van der Waals surface area contributed by atoms with Gasteiger partial charge in [-0.1, -0.05) is 0 Å². The van der Waals surface area contributed by atoms with E-state index in [-0.39, 0.29) is 24.7 Å². The lowest BCUT2D eigenvalue weighted by Crippen LogP contribution is -2.60. The Balaban J connectivity index is 2.62. The molecular formula is C15H19FN2O4. The summed E-state index contributed by atoms with van der Waals surface area (Å²) in [6, 6.07) is 1.46. The van der Waals surface area contributed by atoms with E-state index in [2.05, 4.69) is 10.3 Å². The van der Waals surface area contributed by atoms with Crippen molar-refractivity contribution >= 4 is 11.9 Å². The van der Waals surface area contributed by atoms with Crippen LogP contribution in [0.3, 0.4) is 0 Å². The SMILES string of the molecule is CC(=O)N[C@@]1(c2cc(C)ncc2F)CO[C@@H](C)C[C@H]1C(=O)O. The minimum absolute atomic E-state index is 0.0921. The molecule has 2 heterocycles. The molecule has 22 heavy (non-hydrogen) atoms. The maximum Gasteiger partial charge on any atom is 0.309 e. The number of hydrogen-bond donors (Lipinski definition) is 2. The summed E-state index contributed by atoms with van der Waals surface area (Å²) in [7, 11) is 0. The predicted molar refractivity (Wildman–Crippen MR) is 75.6 cm³/mol. The number of ether oxygens (including phenoxy) is 1. The van der Waals surface area contributed by atoms with Crippen LogP contribution in [0.1, 0.15) is 31.5 Å². The van der Waals surface area contributed by atoms with E-state index in [9.17, 15) is 19.1 Å². The van der Waals surface area contributed by atoms with Gasteiger partial charge in [-0.2, -0.15) is 0 Å². The van der Waals surface area contributed by atoms with Gasteiger partial charge in [0.05, 0.1) is 24.8 Å². The monoisotopic (exact) mass is 310 g/mol. The molecule has 3 atom stereocenters. The summed E-state index contributed by atoms with van der Waals surface area (Å²) in [5.41, 5.74) is -0.819. The van der Waals surface area contributed by atoms with E-state index in [1.165, 1.54) is 13.0 Å². The number of halogens is 1. The van der Waals surface area contributed by atoms with Crippen molar-refractivity contribution in [2.75, 3.05) is 6.61 Å². The maximum absolute atomic E-state index is 14.3. The number of aliphatic carboxylic acids is 1. The van der Waals surface area contributed by atoms with E-state index >= 15 is 0 Å². The first-order valence-corrected chi connectivity index (χ1v) is 7.02. The highest BCUT2D eigenvalue weighted by molar-refractivity contribution is 5.78. The number of amides is 1. The molecule has 0 saturated carbocycles. The molecule has 2 N–H and O–H groups in total. The van der Waals surface area contributed by atoms with Gasteiger partial charge in [0.25, 0.3) is 0 Å². The van der Waals surface area contributed by atoms with Crippen molar-refractivity contribution in [1.29, 1.82) is 0 Å². The van der Waals surface area contributed by atoms with Gasteiger partial charge in [-0.05, 0) is 26.3 Å². The van der Waals surface area contributed by atoms with Crippen LogP contribution < -0.4 is 5.32 Å². The molecule has 0 spiro atoms. The normalized spacial score (nSPS) is 28.2. The molecule has 0 bridgehead atoms. The average molecular weight is 310 g/mol. The third-order valence-corrected chi connectivity index (χ3v) is 3.93. The summed E-state index contributed by atoms with van der Waals surface area (Å²) in [5, 5.41) is 12.2. The molecule has 1 aromatic rings. The van der Waals surface area contributed by atoms with Crippen molar-refractivity contribution in [2.45, 2.75) is 38.8 Å². The summed E-state index contributed by atoms with van der Waals surface area (Å²) in [5.74, 6) is -3.20. The molecule has 0 aromatic carbocycles. The molecule has 1 saturated heterocycles. The number of carboxylic acid groups (broad SMARTS) is 1. The molecule has 7 heteroatoms. The lowest BCUT2D eigenvalue weighted by atomic mass is 9.74. The number of carboxylic acids is 1. The smallest absolute Gasteiger partial charge is 0.309 e. The number of carbonyl (C=O) groups excluding carboxylic acids is 1. The van der Waals surface area contributed by atoms with Gasteiger partial charge >= 0.3 is 5.97 Å². The first-order valence-electron chi connectivity index (χ1n) is 7.02. The molecule has 1 fully saturated rings. The molecule has 1 amide bonds. The number of carbonyl (C=O) groups is 2. The van der Waals surface area contributed by atoms with Gasteiger partial charge in [-0.3, -0.25) is 14.6 Å². The molecule has 1 aromatic heterocycles. The molecule has 0 unspecified atom stereocenters. The van der Waals surface area contributed by atoms with Crippen LogP contribution >= 0.6 is 0 Å².